The van der Waals surface area contributed by atoms with Crippen molar-refractivity contribution in [1.29, 1.82) is 0 Å². The van der Waals surface area contributed by atoms with Crippen LogP contribution in [0.1, 0.15) is 36.2 Å². The summed E-state index contributed by atoms with van der Waals surface area (Å²) in [5.41, 5.74) is 3.70. The zero-order chi connectivity index (χ0) is 26.1. The van der Waals surface area contributed by atoms with Gasteiger partial charge in [0.2, 0.25) is 5.88 Å². The molecule has 0 aliphatic carbocycles. The van der Waals surface area contributed by atoms with Crippen molar-refractivity contribution in [3.8, 4) is 17.1 Å². The van der Waals surface area contributed by atoms with Crippen molar-refractivity contribution in [2.75, 3.05) is 34.4 Å². The van der Waals surface area contributed by atoms with Crippen LogP contribution in [0.4, 0.5) is 0 Å². The zero-order valence-electron chi connectivity index (χ0n) is 21.4. The first kappa shape index (κ1) is 26.6. The maximum Gasteiger partial charge on any atom is 0.420 e. The van der Waals surface area contributed by atoms with Gasteiger partial charge >= 0.3 is 11.7 Å². The highest BCUT2D eigenvalue weighted by molar-refractivity contribution is 5.93. The maximum absolute atomic E-state index is 12.5. The van der Waals surface area contributed by atoms with Crippen molar-refractivity contribution in [2.45, 2.75) is 26.8 Å². The summed E-state index contributed by atoms with van der Waals surface area (Å²) in [6.45, 7) is 5.79. The summed E-state index contributed by atoms with van der Waals surface area (Å²) < 4.78 is 17.2. The number of hydrogen-bond donors (Lipinski definition) is 0. The summed E-state index contributed by atoms with van der Waals surface area (Å²) in [4.78, 5) is 26.5. The van der Waals surface area contributed by atoms with Gasteiger partial charge in [0.05, 0.1) is 37.0 Å². The average molecular weight is 493 g/mol. The van der Waals surface area contributed by atoms with Crippen molar-refractivity contribution in [2.24, 2.45) is 0 Å². The third kappa shape index (κ3) is 6.57. The summed E-state index contributed by atoms with van der Waals surface area (Å²) in [6.07, 6.45) is 0.904. The Balaban J connectivity index is 0.00000176. The molecule has 0 unspecified atom stereocenters. The molecule has 2 heterocycles. The molecule has 36 heavy (non-hydrogen) atoms. The number of esters is 1. The van der Waals surface area contributed by atoms with Gasteiger partial charge in [0.15, 0.2) is 5.58 Å². The van der Waals surface area contributed by atoms with E-state index in [1.807, 2.05) is 58.3 Å². The molecule has 0 spiro atoms. The first-order valence-electron chi connectivity index (χ1n) is 11.9. The van der Waals surface area contributed by atoms with Crippen molar-refractivity contribution < 1.29 is 18.7 Å². The van der Waals surface area contributed by atoms with E-state index in [2.05, 4.69) is 15.1 Å². The van der Waals surface area contributed by atoms with Crippen molar-refractivity contribution in [3.63, 3.8) is 0 Å². The molecule has 0 radical (unpaired) electrons. The highest BCUT2D eigenvalue weighted by atomic mass is 16.5. The number of fused-ring (bicyclic) bond motifs is 1. The predicted octanol–water partition coefficient (Wildman–Crippen LogP) is 4.24. The minimum absolute atomic E-state index is 0.269. The number of hydrogen-bond acceptors (Lipinski definition) is 8. The summed E-state index contributed by atoms with van der Waals surface area (Å²) in [5, 5.41) is 8.45. The minimum Gasteiger partial charge on any atom is -0.477 e. The van der Waals surface area contributed by atoms with Gasteiger partial charge in [-0.3, -0.25) is 4.57 Å². The number of carbonyl (C=O) groups excluding carboxylic acids is 1. The van der Waals surface area contributed by atoms with Crippen molar-refractivity contribution in [3.05, 3.63) is 76.3 Å². The van der Waals surface area contributed by atoms with Gasteiger partial charge < -0.3 is 18.8 Å². The molecule has 0 saturated heterocycles. The number of ether oxygens (including phenoxy) is 2. The van der Waals surface area contributed by atoms with Gasteiger partial charge in [-0.15, -0.1) is 10.2 Å². The molecule has 190 valence electrons. The maximum atomic E-state index is 12.5. The molecule has 4 aromatic rings. The summed E-state index contributed by atoms with van der Waals surface area (Å²) in [7, 11) is 5.36. The van der Waals surface area contributed by atoms with Crippen LogP contribution < -0.4 is 10.5 Å². The fourth-order valence-corrected chi connectivity index (χ4v) is 3.58. The number of methoxy groups -OCH3 is 1. The van der Waals surface area contributed by atoms with E-state index in [1.165, 1.54) is 11.7 Å². The molecule has 0 fully saturated rings. The van der Waals surface area contributed by atoms with Crippen LogP contribution in [0.25, 0.3) is 22.4 Å². The molecule has 0 bridgehead atoms. The second-order valence-corrected chi connectivity index (χ2v) is 8.09. The Bertz CT molecular complexity index is 1340. The Hall–Kier alpha value is -3.98. The van der Waals surface area contributed by atoms with Gasteiger partial charge in [-0.25, -0.2) is 9.59 Å². The van der Waals surface area contributed by atoms with Crippen LogP contribution in [0.3, 0.4) is 0 Å². The SMILES string of the molecule is CC.COC(=O)c1ccc2oc(=O)n(Cc3cccc(-c4ccc(OCCCN(C)C)nn4)c3)c2c1. The number of nitrogens with zero attached hydrogens (tertiary/aromatic N) is 4. The lowest BCUT2D eigenvalue weighted by molar-refractivity contribution is 0.0601. The van der Waals surface area contributed by atoms with Gasteiger partial charge in [0.1, 0.15) is 0 Å². The Labute approximate surface area is 210 Å². The lowest BCUT2D eigenvalue weighted by Gasteiger charge is -2.10. The van der Waals surface area contributed by atoms with Gasteiger partial charge in [0.25, 0.3) is 0 Å². The molecule has 0 atom stereocenters. The average Bonchev–Trinajstić information content (AvgIpc) is 3.21. The van der Waals surface area contributed by atoms with Gasteiger partial charge in [-0.2, -0.15) is 0 Å². The highest BCUT2D eigenvalue weighted by Gasteiger charge is 2.14. The van der Waals surface area contributed by atoms with Crippen LogP contribution in [0.15, 0.2) is 63.8 Å². The van der Waals surface area contributed by atoms with E-state index >= 15 is 0 Å². The molecular weight excluding hydrogens is 460 g/mol. The number of carbonyl (C=O) groups is 1. The van der Waals surface area contributed by atoms with E-state index in [9.17, 15) is 9.59 Å². The molecule has 2 aromatic carbocycles. The Morgan fingerprint density at radius 1 is 1.06 bits per heavy atom. The minimum atomic E-state index is -0.502. The summed E-state index contributed by atoms with van der Waals surface area (Å²) in [5.74, 6) is -0.498. The van der Waals surface area contributed by atoms with E-state index in [4.69, 9.17) is 13.9 Å². The number of benzene rings is 2. The number of oxazole rings is 1. The van der Waals surface area contributed by atoms with Crippen LogP contribution in [0.2, 0.25) is 0 Å². The number of aromatic nitrogens is 3. The highest BCUT2D eigenvalue weighted by Crippen LogP contribution is 2.21. The standard InChI is InChI=1S/C25H26N4O5.C2H6/c1-28(2)12-5-13-33-23-11-9-20(26-27-23)18-7-4-6-17(14-18)16-29-21-15-19(24(30)32-3)8-10-22(21)34-25(29)31;1-2/h4,6-11,14-15H,5,12-13,16H2,1-3H3;1-2H3. The van der Waals surface area contributed by atoms with E-state index < -0.39 is 11.7 Å². The first-order valence-corrected chi connectivity index (χ1v) is 11.9. The topological polar surface area (TPSA) is 99.7 Å². The third-order valence-electron chi connectivity index (χ3n) is 5.29. The number of rotatable bonds is 9. The van der Waals surface area contributed by atoms with Crippen LogP contribution in [-0.2, 0) is 11.3 Å². The van der Waals surface area contributed by atoms with Gasteiger partial charge in [-0.05, 0) is 56.4 Å². The normalized spacial score (nSPS) is 10.7. The summed E-state index contributed by atoms with van der Waals surface area (Å²) in [6, 6.07) is 16.1. The first-order chi connectivity index (χ1) is 17.4. The second kappa shape index (κ2) is 12.6. The Kier molecular flexibility index (Phi) is 9.35. The van der Waals surface area contributed by atoms with Crippen LogP contribution in [0.5, 0.6) is 5.88 Å². The van der Waals surface area contributed by atoms with Crippen LogP contribution in [0, 0.1) is 0 Å². The molecule has 0 saturated carbocycles. The molecule has 9 heteroatoms. The monoisotopic (exact) mass is 492 g/mol. The molecule has 2 aromatic heterocycles. The van der Waals surface area contributed by atoms with Gasteiger partial charge in [-0.1, -0.05) is 32.0 Å². The molecule has 0 aliphatic heterocycles. The summed E-state index contributed by atoms with van der Waals surface area (Å²) >= 11 is 0. The van der Waals surface area contributed by atoms with Crippen molar-refractivity contribution in [1.82, 2.24) is 19.7 Å². The molecule has 0 N–H and O–H groups in total. The smallest absolute Gasteiger partial charge is 0.420 e. The Morgan fingerprint density at radius 2 is 1.86 bits per heavy atom. The van der Waals surface area contributed by atoms with Gasteiger partial charge in [0, 0.05) is 18.2 Å². The lowest BCUT2D eigenvalue weighted by Crippen LogP contribution is -2.15. The quantitative estimate of drug-likeness (QED) is 0.253. The van der Waals surface area contributed by atoms with E-state index in [1.54, 1.807) is 24.3 Å². The van der Waals surface area contributed by atoms with Crippen molar-refractivity contribution >= 4 is 17.1 Å². The fraction of sp³-hybridized carbons (Fsp3) is 0.333. The largest absolute Gasteiger partial charge is 0.477 e. The molecule has 9 nitrogen and oxygen atoms in total. The molecule has 0 amide bonds. The fourth-order valence-electron chi connectivity index (χ4n) is 3.58. The van der Waals surface area contributed by atoms with Crippen LogP contribution >= 0.6 is 0 Å². The van der Waals surface area contributed by atoms with Crippen LogP contribution in [-0.4, -0.2) is 60.0 Å². The molecule has 0 aliphatic rings. The third-order valence-corrected chi connectivity index (χ3v) is 5.29. The van der Waals surface area contributed by atoms with E-state index in [-0.39, 0.29) is 6.54 Å². The Morgan fingerprint density at radius 3 is 2.56 bits per heavy atom. The predicted molar refractivity (Wildman–Crippen MR) is 138 cm³/mol. The van der Waals surface area contributed by atoms with E-state index in [0.29, 0.717) is 34.8 Å². The van der Waals surface area contributed by atoms with E-state index in [0.717, 1.165) is 24.1 Å². The second-order valence-electron chi connectivity index (χ2n) is 8.09. The molecule has 4 rings (SSSR count). The zero-order valence-corrected chi connectivity index (χ0v) is 21.4. The lowest BCUT2D eigenvalue weighted by atomic mass is 10.1. The molecular formula is C27H32N4O5.